The lowest BCUT2D eigenvalue weighted by Gasteiger charge is -2.07. The third-order valence-corrected chi connectivity index (χ3v) is 5.59. The van der Waals surface area contributed by atoms with E-state index in [1.165, 1.54) is 18.4 Å². The molecule has 4 aromatic rings. The van der Waals surface area contributed by atoms with Crippen molar-refractivity contribution < 1.29 is 19.4 Å². The monoisotopic (exact) mass is 444 g/mol. The minimum atomic E-state index is -1.08. The number of aromatic nitrogens is 3. The molecular formula is C20H17ClN4O4S. The van der Waals surface area contributed by atoms with Crippen LogP contribution in [-0.4, -0.2) is 46.4 Å². The number of thiazole rings is 1. The van der Waals surface area contributed by atoms with Gasteiger partial charge >= 0.3 is 6.09 Å². The molecule has 2 aromatic carbocycles. The molecule has 0 aliphatic carbocycles. The first kappa shape index (κ1) is 20.1. The number of methoxy groups -OCH3 is 1. The van der Waals surface area contributed by atoms with E-state index in [0.29, 0.717) is 27.7 Å². The summed E-state index contributed by atoms with van der Waals surface area (Å²) in [6, 6.07) is 7.34. The van der Waals surface area contributed by atoms with Crippen LogP contribution in [0.5, 0.6) is 11.6 Å². The van der Waals surface area contributed by atoms with Crippen LogP contribution in [-0.2, 0) is 0 Å². The van der Waals surface area contributed by atoms with E-state index in [-0.39, 0.29) is 13.2 Å². The van der Waals surface area contributed by atoms with Crippen LogP contribution >= 0.6 is 22.9 Å². The van der Waals surface area contributed by atoms with Crippen molar-refractivity contribution in [3.63, 3.8) is 0 Å². The topological polar surface area (TPSA) is 106 Å². The van der Waals surface area contributed by atoms with Gasteiger partial charge in [-0.1, -0.05) is 11.6 Å². The van der Waals surface area contributed by atoms with E-state index in [0.717, 1.165) is 26.4 Å². The molecule has 0 fully saturated rings. The molecule has 2 N–H and O–H groups in total. The Hall–Kier alpha value is -3.17. The number of nitrogens with one attached hydrogen (secondary N) is 1. The molecule has 30 heavy (non-hydrogen) atoms. The number of rotatable bonds is 6. The number of benzene rings is 2. The summed E-state index contributed by atoms with van der Waals surface area (Å²) in [6.45, 7) is 2.39. The second-order valence-corrected chi connectivity index (χ2v) is 7.89. The Labute approximate surface area is 180 Å². The van der Waals surface area contributed by atoms with Gasteiger partial charge in [-0.05, 0) is 36.8 Å². The van der Waals surface area contributed by atoms with Gasteiger partial charge in [0.1, 0.15) is 17.4 Å². The number of ether oxygens (including phenoxy) is 2. The molecular weight excluding hydrogens is 428 g/mol. The summed E-state index contributed by atoms with van der Waals surface area (Å²) in [5.74, 6) is 1.07. The molecule has 0 saturated heterocycles. The van der Waals surface area contributed by atoms with E-state index >= 15 is 0 Å². The third kappa shape index (κ3) is 4.07. The van der Waals surface area contributed by atoms with E-state index in [1.54, 1.807) is 12.3 Å². The summed E-state index contributed by atoms with van der Waals surface area (Å²) >= 11 is 7.82. The lowest BCUT2D eigenvalue weighted by Crippen LogP contribution is -2.26. The van der Waals surface area contributed by atoms with Gasteiger partial charge in [0.15, 0.2) is 0 Å². The Balaban J connectivity index is 1.72. The normalized spacial score (nSPS) is 11.0. The van der Waals surface area contributed by atoms with Crippen molar-refractivity contribution in [2.45, 2.75) is 6.92 Å². The van der Waals surface area contributed by atoms with Gasteiger partial charge in [0.25, 0.3) is 0 Å². The Morgan fingerprint density at radius 1 is 1.23 bits per heavy atom. The SMILES string of the molecule is COc1cnc2c(-c3nc4c(C)cc(OCCNC(=O)O)cc4s3)cc(Cl)cc2n1. The molecule has 4 rings (SSSR count). The van der Waals surface area contributed by atoms with Crippen LogP contribution in [0, 0.1) is 6.92 Å². The van der Waals surface area contributed by atoms with Gasteiger partial charge in [0.05, 0.1) is 41.1 Å². The van der Waals surface area contributed by atoms with Crippen LogP contribution in [0.2, 0.25) is 5.02 Å². The second-order valence-electron chi connectivity index (χ2n) is 6.42. The fourth-order valence-electron chi connectivity index (χ4n) is 3.02. The first-order chi connectivity index (χ1) is 14.4. The Morgan fingerprint density at radius 3 is 2.83 bits per heavy atom. The summed E-state index contributed by atoms with van der Waals surface area (Å²) in [4.78, 5) is 24.2. The number of aryl methyl sites for hydroxylation is 1. The number of fused-ring (bicyclic) bond motifs is 2. The van der Waals surface area contributed by atoms with E-state index in [9.17, 15) is 4.79 Å². The summed E-state index contributed by atoms with van der Waals surface area (Å²) in [5, 5.41) is 12.2. The van der Waals surface area contributed by atoms with Crippen molar-refractivity contribution in [1.29, 1.82) is 0 Å². The lowest BCUT2D eigenvalue weighted by atomic mass is 10.1. The van der Waals surface area contributed by atoms with Crippen LogP contribution < -0.4 is 14.8 Å². The zero-order valence-electron chi connectivity index (χ0n) is 16.1. The Morgan fingerprint density at radius 2 is 2.07 bits per heavy atom. The molecule has 0 atom stereocenters. The molecule has 154 valence electrons. The summed E-state index contributed by atoms with van der Waals surface area (Å²) in [6.07, 6.45) is 0.488. The first-order valence-electron chi connectivity index (χ1n) is 8.96. The van der Waals surface area contributed by atoms with E-state index in [1.807, 2.05) is 25.1 Å². The van der Waals surface area contributed by atoms with Crippen LogP contribution in [0.1, 0.15) is 5.56 Å². The molecule has 0 aliphatic rings. The largest absolute Gasteiger partial charge is 0.492 e. The molecule has 8 nitrogen and oxygen atoms in total. The number of halogens is 1. The Bertz CT molecular complexity index is 1260. The van der Waals surface area contributed by atoms with Gasteiger partial charge in [0, 0.05) is 10.6 Å². The molecule has 0 radical (unpaired) electrons. The maximum absolute atomic E-state index is 10.5. The zero-order valence-corrected chi connectivity index (χ0v) is 17.7. The van der Waals surface area contributed by atoms with Gasteiger partial charge in [-0.3, -0.25) is 0 Å². The molecule has 1 amide bonds. The second kappa shape index (κ2) is 8.29. The van der Waals surface area contributed by atoms with Crippen molar-refractivity contribution in [3.8, 4) is 22.2 Å². The van der Waals surface area contributed by atoms with Gasteiger partial charge in [-0.25, -0.2) is 19.7 Å². The number of hydrogen-bond donors (Lipinski definition) is 2. The molecule has 0 spiro atoms. The molecule has 2 heterocycles. The van der Waals surface area contributed by atoms with E-state index < -0.39 is 6.09 Å². The number of carbonyl (C=O) groups is 1. The maximum Gasteiger partial charge on any atom is 0.404 e. The number of hydrogen-bond acceptors (Lipinski definition) is 7. The number of carboxylic acid groups (broad SMARTS) is 1. The summed E-state index contributed by atoms with van der Waals surface area (Å²) in [7, 11) is 1.54. The molecule has 0 saturated carbocycles. The molecule has 0 aliphatic heterocycles. The van der Waals surface area contributed by atoms with Gasteiger partial charge in [-0.2, -0.15) is 0 Å². The highest BCUT2D eigenvalue weighted by molar-refractivity contribution is 7.21. The first-order valence-corrected chi connectivity index (χ1v) is 10.2. The van der Waals surface area contributed by atoms with E-state index in [4.69, 9.17) is 31.2 Å². The van der Waals surface area contributed by atoms with Crippen LogP contribution in [0.4, 0.5) is 4.79 Å². The van der Waals surface area contributed by atoms with Crippen molar-refractivity contribution >= 4 is 50.3 Å². The number of amides is 1. The summed E-state index contributed by atoms with van der Waals surface area (Å²) in [5.41, 5.74) is 3.92. The predicted molar refractivity (Wildman–Crippen MR) is 116 cm³/mol. The average Bonchev–Trinajstić information content (AvgIpc) is 3.14. The van der Waals surface area contributed by atoms with Crippen molar-refractivity contribution in [1.82, 2.24) is 20.3 Å². The standard InChI is InChI=1S/C20H17ClN4O4S/c1-10-5-12(29-4-3-22-20(26)27)8-15-17(10)25-19(30-15)13-6-11(21)7-14-18(13)23-9-16(24-14)28-2/h5-9,22H,3-4H2,1-2H3,(H,26,27). The minimum Gasteiger partial charge on any atom is -0.492 e. The smallest absolute Gasteiger partial charge is 0.404 e. The fourth-order valence-corrected chi connectivity index (χ4v) is 4.33. The van der Waals surface area contributed by atoms with Crippen LogP contribution in [0.25, 0.3) is 31.8 Å². The highest BCUT2D eigenvalue weighted by Gasteiger charge is 2.15. The van der Waals surface area contributed by atoms with E-state index in [2.05, 4.69) is 15.3 Å². The molecule has 10 heteroatoms. The molecule has 2 aromatic heterocycles. The van der Waals surface area contributed by atoms with Gasteiger partial charge in [-0.15, -0.1) is 11.3 Å². The predicted octanol–water partition coefficient (Wildman–Crippen LogP) is 4.52. The highest BCUT2D eigenvalue weighted by Crippen LogP contribution is 2.38. The van der Waals surface area contributed by atoms with Crippen molar-refractivity contribution in [3.05, 3.63) is 41.0 Å². The van der Waals surface area contributed by atoms with Gasteiger partial charge < -0.3 is 19.9 Å². The Kier molecular flexibility index (Phi) is 5.56. The highest BCUT2D eigenvalue weighted by atomic mass is 35.5. The third-order valence-electron chi connectivity index (χ3n) is 4.33. The lowest BCUT2D eigenvalue weighted by molar-refractivity contribution is 0.191. The quantitative estimate of drug-likeness (QED) is 0.421. The van der Waals surface area contributed by atoms with Crippen molar-refractivity contribution in [2.75, 3.05) is 20.3 Å². The molecule has 0 unspecified atom stereocenters. The van der Waals surface area contributed by atoms with Crippen LogP contribution in [0.3, 0.4) is 0 Å². The van der Waals surface area contributed by atoms with Gasteiger partial charge in [0.2, 0.25) is 5.88 Å². The average molecular weight is 445 g/mol. The summed E-state index contributed by atoms with van der Waals surface area (Å²) < 4.78 is 11.8. The minimum absolute atomic E-state index is 0.205. The van der Waals surface area contributed by atoms with Crippen LogP contribution in [0.15, 0.2) is 30.5 Å². The number of nitrogens with zero attached hydrogens (tertiary/aromatic N) is 3. The van der Waals surface area contributed by atoms with Crippen molar-refractivity contribution in [2.24, 2.45) is 0 Å². The zero-order chi connectivity index (χ0) is 21.3. The fraction of sp³-hybridized carbons (Fsp3) is 0.200. The molecule has 0 bridgehead atoms. The maximum atomic E-state index is 10.5.